The molecular weight excluding hydrogens is 286 g/mol. The molecule has 20 heavy (non-hydrogen) atoms. The lowest BCUT2D eigenvalue weighted by molar-refractivity contribution is 0.514. The summed E-state index contributed by atoms with van der Waals surface area (Å²) in [6.45, 7) is 2.27. The summed E-state index contributed by atoms with van der Waals surface area (Å²) >= 11 is 8.04. The van der Waals surface area contributed by atoms with Crippen LogP contribution in [0, 0.1) is 0 Å². The number of unbranched alkanes of at least 4 members (excludes halogenated alkanes) is 5. The molecule has 0 aliphatic rings. The van der Waals surface area contributed by atoms with E-state index >= 15 is 0 Å². The molecule has 0 amide bonds. The molecule has 3 heteroatoms. The predicted octanol–water partition coefficient (Wildman–Crippen LogP) is 5.77. The summed E-state index contributed by atoms with van der Waals surface area (Å²) in [6, 6.07) is 8.69. The summed E-state index contributed by atoms with van der Waals surface area (Å²) in [6.07, 6.45) is 9.47. The van der Waals surface area contributed by atoms with E-state index in [2.05, 4.69) is 31.4 Å². The van der Waals surface area contributed by atoms with E-state index in [1.807, 2.05) is 23.9 Å². The molecule has 0 saturated heterocycles. The standard InChI is InChI=1S/C17H28ClNS/c1-3-4-5-6-7-8-11-15(19-2)14-20-17-13-10-9-12-16(17)18/h9-10,12-13,15,19H,3-8,11,14H2,1-2H3. The van der Waals surface area contributed by atoms with Crippen LogP contribution in [0.1, 0.15) is 51.9 Å². The third-order valence-electron chi connectivity index (χ3n) is 3.59. The second-order valence-corrected chi connectivity index (χ2v) is 6.75. The number of halogens is 1. The zero-order valence-corrected chi connectivity index (χ0v) is 14.4. The van der Waals surface area contributed by atoms with Crippen molar-refractivity contribution in [3.05, 3.63) is 29.3 Å². The predicted molar refractivity (Wildman–Crippen MR) is 93.0 cm³/mol. The van der Waals surface area contributed by atoms with Crippen LogP contribution in [0.2, 0.25) is 5.02 Å². The average Bonchev–Trinajstić information content (AvgIpc) is 2.47. The SMILES string of the molecule is CCCCCCCCC(CSc1ccccc1Cl)NC. The van der Waals surface area contributed by atoms with E-state index < -0.39 is 0 Å². The molecule has 0 saturated carbocycles. The first-order chi connectivity index (χ1) is 9.77. The van der Waals surface area contributed by atoms with Gasteiger partial charge < -0.3 is 5.32 Å². The van der Waals surface area contributed by atoms with Crippen molar-refractivity contribution in [3.8, 4) is 0 Å². The Morgan fingerprint density at radius 3 is 2.50 bits per heavy atom. The molecule has 114 valence electrons. The number of hydrogen-bond donors (Lipinski definition) is 1. The van der Waals surface area contributed by atoms with Crippen molar-refractivity contribution in [2.75, 3.05) is 12.8 Å². The van der Waals surface area contributed by atoms with E-state index in [4.69, 9.17) is 11.6 Å². The molecule has 0 aliphatic carbocycles. The van der Waals surface area contributed by atoms with Crippen molar-refractivity contribution >= 4 is 23.4 Å². The summed E-state index contributed by atoms with van der Waals surface area (Å²) in [7, 11) is 2.06. The molecule has 1 atom stereocenters. The van der Waals surface area contributed by atoms with Crippen LogP contribution in [0.15, 0.2) is 29.2 Å². The van der Waals surface area contributed by atoms with Gasteiger partial charge in [0.05, 0.1) is 5.02 Å². The van der Waals surface area contributed by atoms with Gasteiger partial charge in [-0.2, -0.15) is 0 Å². The number of thioether (sulfide) groups is 1. The second kappa shape index (κ2) is 11.5. The number of benzene rings is 1. The third-order valence-corrected chi connectivity index (χ3v) is 5.27. The highest BCUT2D eigenvalue weighted by molar-refractivity contribution is 7.99. The van der Waals surface area contributed by atoms with Gasteiger partial charge in [-0.05, 0) is 25.6 Å². The highest BCUT2D eigenvalue weighted by atomic mass is 35.5. The molecule has 1 aromatic rings. The first-order valence-corrected chi connectivity index (χ1v) is 9.18. The summed E-state index contributed by atoms with van der Waals surface area (Å²) in [5, 5.41) is 4.30. The van der Waals surface area contributed by atoms with E-state index in [9.17, 15) is 0 Å². The fraction of sp³-hybridized carbons (Fsp3) is 0.647. The van der Waals surface area contributed by atoms with Crippen LogP contribution < -0.4 is 5.32 Å². The Morgan fingerprint density at radius 1 is 1.10 bits per heavy atom. The largest absolute Gasteiger partial charge is 0.316 e. The molecule has 0 heterocycles. The molecule has 1 aromatic carbocycles. The molecule has 0 aliphatic heterocycles. The lowest BCUT2D eigenvalue weighted by atomic mass is 10.1. The van der Waals surface area contributed by atoms with Crippen LogP contribution in [0.4, 0.5) is 0 Å². The molecule has 0 fully saturated rings. The van der Waals surface area contributed by atoms with E-state index in [0.29, 0.717) is 6.04 Å². The minimum Gasteiger partial charge on any atom is -0.316 e. The van der Waals surface area contributed by atoms with Gasteiger partial charge in [-0.25, -0.2) is 0 Å². The van der Waals surface area contributed by atoms with Gasteiger partial charge in [0, 0.05) is 16.7 Å². The van der Waals surface area contributed by atoms with Crippen molar-refractivity contribution in [1.82, 2.24) is 5.32 Å². The minimum absolute atomic E-state index is 0.586. The van der Waals surface area contributed by atoms with Crippen molar-refractivity contribution in [1.29, 1.82) is 0 Å². The highest BCUT2D eigenvalue weighted by Gasteiger charge is 2.08. The van der Waals surface area contributed by atoms with Crippen LogP contribution in [0.25, 0.3) is 0 Å². The van der Waals surface area contributed by atoms with Gasteiger partial charge in [0.1, 0.15) is 0 Å². The molecule has 0 spiro atoms. The molecular formula is C17H28ClNS. The van der Waals surface area contributed by atoms with Crippen LogP contribution in [0.3, 0.4) is 0 Å². The van der Waals surface area contributed by atoms with Crippen molar-refractivity contribution in [2.24, 2.45) is 0 Å². The topological polar surface area (TPSA) is 12.0 Å². The van der Waals surface area contributed by atoms with Gasteiger partial charge in [-0.15, -0.1) is 11.8 Å². The fourth-order valence-electron chi connectivity index (χ4n) is 2.23. The number of hydrogen-bond acceptors (Lipinski definition) is 2. The molecule has 1 nitrogen and oxygen atoms in total. The normalized spacial score (nSPS) is 12.6. The fourth-order valence-corrected chi connectivity index (χ4v) is 3.63. The Hall–Kier alpha value is -0.180. The average molecular weight is 314 g/mol. The summed E-state index contributed by atoms with van der Waals surface area (Å²) in [4.78, 5) is 1.19. The number of nitrogens with one attached hydrogen (secondary N) is 1. The Kier molecular flexibility index (Phi) is 10.3. The van der Waals surface area contributed by atoms with Crippen LogP contribution >= 0.6 is 23.4 Å². The highest BCUT2D eigenvalue weighted by Crippen LogP contribution is 2.27. The first kappa shape index (κ1) is 17.9. The van der Waals surface area contributed by atoms with Gasteiger partial charge in [0.15, 0.2) is 0 Å². The zero-order valence-electron chi connectivity index (χ0n) is 12.8. The molecule has 1 rings (SSSR count). The molecule has 0 aromatic heterocycles. The lowest BCUT2D eigenvalue weighted by Crippen LogP contribution is -2.27. The molecule has 0 radical (unpaired) electrons. The van der Waals surface area contributed by atoms with Crippen LogP contribution in [0.5, 0.6) is 0 Å². The van der Waals surface area contributed by atoms with Gasteiger partial charge >= 0.3 is 0 Å². The second-order valence-electron chi connectivity index (χ2n) is 5.28. The molecule has 1 unspecified atom stereocenters. The van der Waals surface area contributed by atoms with Crippen molar-refractivity contribution < 1.29 is 0 Å². The summed E-state index contributed by atoms with van der Waals surface area (Å²) < 4.78 is 0. The number of rotatable bonds is 11. The smallest absolute Gasteiger partial charge is 0.0541 e. The Balaban J connectivity index is 2.18. The van der Waals surface area contributed by atoms with E-state index in [1.165, 1.54) is 49.8 Å². The van der Waals surface area contributed by atoms with E-state index in [1.54, 1.807) is 0 Å². The van der Waals surface area contributed by atoms with Gasteiger partial charge in [0.25, 0.3) is 0 Å². The Bertz CT molecular complexity index is 357. The van der Waals surface area contributed by atoms with Gasteiger partial charge in [0.2, 0.25) is 0 Å². The Morgan fingerprint density at radius 2 is 1.80 bits per heavy atom. The maximum atomic E-state index is 6.18. The van der Waals surface area contributed by atoms with E-state index in [-0.39, 0.29) is 0 Å². The van der Waals surface area contributed by atoms with Crippen LogP contribution in [-0.2, 0) is 0 Å². The van der Waals surface area contributed by atoms with Crippen LogP contribution in [-0.4, -0.2) is 18.8 Å². The Labute approximate surface area is 133 Å². The maximum Gasteiger partial charge on any atom is 0.0541 e. The summed E-state index contributed by atoms with van der Waals surface area (Å²) in [5.41, 5.74) is 0. The zero-order chi connectivity index (χ0) is 14.6. The monoisotopic (exact) mass is 313 g/mol. The van der Waals surface area contributed by atoms with Gasteiger partial charge in [-0.1, -0.05) is 69.2 Å². The molecule has 1 N–H and O–H groups in total. The van der Waals surface area contributed by atoms with Crippen molar-refractivity contribution in [3.63, 3.8) is 0 Å². The first-order valence-electron chi connectivity index (χ1n) is 7.82. The minimum atomic E-state index is 0.586. The quantitative estimate of drug-likeness (QED) is 0.411. The van der Waals surface area contributed by atoms with E-state index in [0.717, 1.165) is 10.8 Å². The van der Waals surface area contributed by atoms with Gasteiger partial charge in [-0.3, -0.25) is 0 Å². The van der Waals surface area contributed by atoms with Crippen molar-refractivity contribution in [2.45, 2.75) is 62.8 Å². The lowest BCUT2D eigenvalue weighted by Gasteiger charge is -2.16. The molecule has 0 bridgehead atoms. The maximum absolute atomic E-state index is 6.18. The summed E-state index contributed by atoms with van der Waals surface area (Å²) in [5.74, 6) is 1.09. The third kappa shape index (κ3) is 7.56.